The highest BCUT2D eigenvalue weighted by atomic mass is 35.5. The molecule has 2 N–H and O–H groups in total. The Morgan fingerprint density at radius 3 is 1.98 bits per heavy atom. The molecule has 0 saturated carbocycles. The molecule has 0 bridgehead atoms. The largest absolute Gasteiger partial charge is 0.508 e. The summed E-state index contributed by atoms with van der Waals surface area (Å²) in [6.45, 7) is 4.73. The summed E-state index contributed by atoms with van der Waals surface area (Å²) in [6, 6.07) is 24.8. The number of amides is 5. The Hall–Kier alpha value is -5.85. The molecular weight excluding hydrogens is 809 g/mol. The van der Waals surface area contributed by atoms with Crippen LogP contribution in [-0.4, -0.2) is 101 Å². The zero-order chi connectivity index (χ0) is 43.1. The van der Waals surface area contributed by atoms with E-state index in [1.807, 2.05) is 17.0 Å². The van der Waals surface area contributed by atoms with Crippen molar-refractivity contribution < 1.29 is 33.5 Å². The number of carbonyl (C=O) groups excluding carboxylic acids is 5. The van der Waals surface area contributed by atoms with Crippen LogP contribution in [0.2, 0.25) is 0 Å². The molecule has 0 radical (unpaired) electrons. The standard InChI is InChI=1S/C49H49ClFN5O6/c50-21-15-39(31-1-7-36(51)8-2-31)45(33-5-11-38(57)12-6-33)32-3-9-37(10-4-32)54-23-17-49(18-24-54)19-25-55(26-20-49)44(59)30-53-22-16-34-27-40-41(28-35(34)29-53)48(62)56(47(40)61)42-13-14-43(58)52-46(42)60/h1-12,27-28,42,57H,13-26,29-30H2,(H,52,58,60)/b45-39+. The number of anilines is 1. The van der Waals surface area contributed by atoms with Gasteiger partial charge in [-0.05, 0) is 138 Å². The van der Waals surface area contributed by atoms with E-state index in [4.69, 9.17) is 11.6 Å². The Kier molecular flexibility index (Phi) is 11.5. The lowest BCUT2D eigenvalue weighted by atomic mass is 9.71. The molecule has 0 aromatic heterocycles. The second-order valence-corrected chi connectivity index (χ2v) is 17.7. The molecule has 62 heavy (non-hydrogen) atoms. The van der Waals surface area contributed by atoms with E-state index < -0.39 is 29.7 Å². The average molecular weight is 858 g/mol. The molecule has 0 aliphatic carbocycles. The Bertz CT molecular complexity index is 2450. The first-order valence-corrected chi connectivity index (χ1v) is 22.1. The van der Waals surface area contributed by atoms with Gasteiger partial charge in [-0.2, -0.15) is 0 Å². The van der Waals surface area contributed by atoms with Gasteiger partial charge in [0.1, 0.15) is 17.6 Å². The van der Waals surface area contributed by atoms with E-state index in [0.29, 0.717) is 37.4 Å². The van der Waals surface area contributed by atoms with Gasteiger partial charge >= 0.3 is 0 Å². The number of piperidine rings is 3. The summed E-state index contributed by atoms with van der Waals surface area (Å²) in [6.07, 6.45) is 5.44. The quantitative estimate of drug-likeness (QED) is 0.107. The predicted molar refractivity (Wildman–Crippen MR) is 234 cm³/mol. The molecule has 320 valence electrons. The normalized spacial score (nSPS) is 20.5. The monoisotopic (exact) mass is 857 g/mol. The number of alkyl halides is 1. The fourth-order valence-corrected chi connectivity index (χ4v) is 10.3. The molecule has 9 rings (SSSR count). The van der Waals surface area contributed by atoms with E-state index in [1.165, 1.54) is 12.1 Å². The minimum Gasteiger partial charge on any atom is -0.508 e. The molecule has 5 aliphatic rings. The van der Waals surface area contributed by atoms with Crippen LogP contribution in [0.15, 0.2) is 84.9 Å². The molecule has 1 atom stereocenters. The van der Waals surface area contributed by atoms with E-state index in [0.717, 1.165) is 101 Å². The molecule has 1 spiro atoms. The molecule has 11 nitrogen and oxygen atoms in total. The van der Waals surface area contributed by atoms with Crippen LogP contribution in [0.1, 0.15) is 93.5 Å². The molecule has 5 aliphatic heterocycles. The van der Waals surface area contributed by atoms with E-state index in [2.05, 4.69) is 39.4 Å². The lowest BCUT2D eigenvalue weighted by Crippen LogP contribution is -2.54. The van der Waals surface area contributed by atoms with Gasteiger partial charge in [0.25, 0.3) is 11.8 Å². The number of hydrogen-bond donors (Lipinski definition) is 2. The van der Waals surface area contributed by atoms with Crippen LogP contribution in [0.25, 0.3) is 11.1 Å². The maximum absolute atomic E-state index is 13.9. The van der Waals surface area contributed by atoms with Crippen molar-refractivity contribution in [2.24, 2.45) is 5.41 Å². The summed E-state index contributed by atoms with van der Waals surface area (Å²) in [5, 5.41) is 12.3. The van der Waals surface area contributed by atoms with Gasteiger partial charge in [-0.25, -0.2) is 4.39 Å². The van der Waals surface area contributed by atoms with Gasteiger partial charge in [0, 0.05) is 57.3 Å². The number of likely N-dealkylation sites (tertiary alicyclic amines) is 1. The number of allylic oxidation sites excluding steroid dienone is 1. The Balaban J connectivity index is 0.802. The highest BCUT2D eigenvalue weighted by Crippen LogP contribution is 2.43. The maximum atomic E-state index is 13.9. The summed E-state index contributed by atoms with van der Waals surface area (Å²) >= 11 is 6.33. The van der Waals surface area contributed by atoms with Crippen LogP contribution in [0.3, 0.4) is 0 Å². The first-order chi connectivity index (χ1) is 30.0. The molecule has 4 aromatic rings. The number of fused-ring (bicyclic) bond motifs is 2. The van der Waals surface area contributed by atoms with Gasteiger partial charge in [-0.1, -0.05) is 36.4 Å². The van der Waals surface area contributed by atoms with Gasteiger partial charge in [0.05, 0.1) is 17.7 Å². The van der Waals surface area contributed by atoms with Crippen molar-refractivity contribution in [1.29, 1.82) is 0 Å². The number of phenols is 1. The van der Waals surface area contributed by atoms with Crippen LogP contribution in [0.5, 0.6) is 5.75 Å². The van der Waals surface area contributed by atoms with Crippen LogP contribution < -0.4 is 10.2 Å². The predicted octanol–water partition coefficient (Wildman–Crippen LogP) is 6.79. The molecule has 5 amide bonds. The van der Waals surface area contributed by atoms with Crippen LogP contribution >= 0.6 is 11.6 Å². The number of hydrogen-bond acceptors (Lipinski definition) is 8. The third-order valence-electron chi connectivity index (χ3n) is 13.7. The van der Waals surface area contributed by atoms with Gasteiger partial charge in [0.2, 0.25) is 17.7 Å². The summed E-state index contributed by atoms with van der Waals surface area (Å²) in [5.41, 5.74) is 8.62. The van der Waals surface area contributed by atoms with Crippen molar-refractivity contribution in [3.05, 3.63) is 130 Å². The molecule has 13 heteroatoms. The van der Waals surface area contributed by atoms with Crippen LogP contribution in [0.4, 0.5) is 10.1 Å². The Morgan fingerprint density at radius 1 is 0.758 bits per heavy atom. The summed E-state index contributed by atoms with van der Waals surface area (Å²) in [7, 11) is 0. The minimum absolute atomic E-state index is 0.0692. The molecule has 1 unspecified atom stereocenters. The molecule has 4 aromatic carbocycles. The highest BCUT2D eigenvalue weighted by Gasteiger charge is 2.45. The zero-order valence-electron chi connectivity index (χ0n) is 34.5. The summed E-state index contributed by atoms with van der Waals surface area (Å²) in [5.74, 6) is -1.68. The van der Waals surface area contributed by atoms with Gasteiger partial charge < -0.3 is 14.9 Å². The number of benzene rings is 4. The fraction of sp³-hybridized carbons (Fsp3) is 0.367. The number of rotatable bonds is 9. The molecule has 5 heterocycles. The van der Waals surface area contributed by atoms with Gasteiger partial charge in [-0.3, -0.25) is 39.1 Å². The Morgan fingerprint density at radius 2 is 1.35 bits per heavy atom. The first-order valence-electron chi connectivity index (χ1n) is 21.6. The van der Waals surface area contributed by atoms with Crippen molar-refractivity contribution in [3.63, 3.8) is 0 Å². The zero-order valence-corrected chi connectivity index (χ0v) is 35.3. The number of halogens is 2. The fourth-order valence-electron chi connectivity index (χ4n) is 10.1. The lowest BCUT2D eigenvalue weighted by Gasteiger charge is -2.47. The summed E-state index contributed by atoms with van der Waals surface area (Å²) < 4.78 is 13.9. The third-order valence-corrected chi connectivity index (χ3v) is 13.9. The number of nitrogens with one attached hydrogen (secondary N) is 1. The van der Waals surface area contributed by atoms with Crippen molar-refractivity contribution in [2.45, 2.75) is 64.0 Å². The average Bonchev–Trinajstić information content (AvgIpc) is 3.51. The third kappa shape index (κ3) is 8.13. The smallest absolute Gasteiger partial charge is 0.262 e. The second kappa shape index (κ2) is 17.1. The first kappa shape index (κ1) is 41.5. The van der Waals surface area contributed by atoms with E-state index in [-0.39, 0.29) is 47.8 Å². The van der Waals surface area contributed by atoms with E-state index in [1.54, 1.807) is 36.4 Å². The lowest BCUT2D eigenvalue weighted by molar-refractivity contribution is -0.137. The highest BCUT2D eigenvalue weighted by molar-refractivity contribution is 6.23. The molecular formula is C49H49ClFN5O6. The van der Waals surface area contributed by atoms with Gasteiger partial charge in [0.15, 0.2) is 0 Å². The van der Waals surface area contributed by atoms with Gasteiger partial charge in [-0.15, -0.1) is 11.6 Å². The van der Waals surface area contributed by atoms with Crippen LogP contribution in [0, 0.1) is 11.2 Å². The maximum Gasteiger partial charge on any atom is 0.262 e. The van der Waals surface area contributed by atoms with Crippen LogP contribution in [-0.2, 0) is 27.3 Å². The Labute approximate surface area is 365 Å². The second-order valence-electron chi connectivity index (χ2n) is 17.3. The molecule has 3 saturated heterocycles. The number of phenolic OH excluding ortho intramolecular Hbond substituents is 1. The molecule has 3 fully saturated rings. The van der Waals surface area contributed by atoms with Crippen molar-refractivity contribution in [3.8, 4) is 5.75 Å². The number of carbonyl (C=O) groups is 5. The number of nitrogens with zero attached hydrogens (tertiary/aromatic N) is 4. The van der Waals surface area contributed by atoms with Crippen molar-refractivity contribution in [1.82, 2.24) is 20.0 Å². The summed E-state index contributed by atoms with van der Waals surface area (Å²) in [4.78, 5) is 72.1. The van der Waals surface area contributed by atoms with Crippen molar-refractivity contribution in [2.75, 3.05) is 50.0 Å². The minimum atomic E-state index is -1.01. The van der Waals surface area contributed by atoms with E-state index >= 15 is 0 Å². The van der Waals surface area contributed by atoms with Crippen molar-refractivity contribution >= 4 is 58.0 Å². The topological polar surface area (TPSA) is 131 Å². The number of aromatic hydroxyl groups is 1. The van der Waals surface area contributed by atoms with E-state index in [9.17, 15) is 33.5 Å². The SMILES string of the molecule is O=C1CCC(N2C(=O)c3cc4c(cc3C2=O)CN(CC(=O)N2CCC3(CC2)CCN(c2ccc(/C(=C(/CCCl)c5ccc(F)cc5)c5ccc(O)cc5)cc2)CC3)CC4)C(=O)N1. The number of imide groups is 2.